The predicted octanol–water partition coefficient (Wildman–Crippen LogP) is 4.66. The van der Waals surface area contributed by atoms with Crippen LogP contribution in [-0.4, -0.2) is 58.2 Å². The molecule has 1 N–H and O–H groups in total. The van der Waals surface area contributed by atoms with Crippen molar-refractivity contribution in [1.29, 1.82) is 0 Å². The molecule has 0 unspecified atom stereocenters. The van der Waals surface area contributed by atoms with Crippen LogP contribution in [0.1, 0.15) is 52.7 Å². The molecule has 3 amide bonds. The zero-order valence-corrected chi connectivity index (χ0v) is 22.4. The van der Waals surface area contributed by atoms with Gasteiger partial charge in [0.15, 0.2) is 11.5 Å². The number of alkyl halides is 3. The molecule has 0 spiro atoms. The van der Waals surface area contributed by atoms with Gasteiger partial charge in [0.2, 0.25) is 0 Å². The van der Waals surface area contributed by atoms with E-state index in [9.17, 15) is 27.6 Å². The number of ether oxygens (including phenoxy) is 1. The molecule has 16 heteroatoms. The number of hydrogen-bond acceptors (Lipinski definition) is 8. The van der Waals surface area contributed by atoms with Gasteiger partial charge in [0.05, 0.1) is 53.3 Å². The first kappa shape index (κ1) is 27.8. The molecular weight excluding hydrogens is 569 g/mol. The fourth-order valence-corrected chi connectivity index (χ4v) is 4.36. The number of nitrogens with one attached hydrogen (secondary N) is 1. The summed E-state index contributed by atoms with van der Waals surface area (Å²) in [5, 5.41) is 14.0. The van der Waals surface area contributed by atoms with Crippen molar-refractivity contribution in [3.63, 3.8) is 0 Å². The third-order valence-electron chi connectivity index (χ3n) is 5.76. The zero-order valence-electron chi connectivity index (χ0n) is 21.6. The standard InChI is InChI=1S/C25H20ClF3N8O4/c1-24(2,3)41-23(40)35-12-16-14(22(35)39)5-4-6-18(16)36-19(25(27,28)29)15(11-33-36)21(38)34-13-9-17(26)20(30-10-13)37-31-7-8-32-37/h4-11H,12H2,1-3H3,(H,34,38). The number of halogens is 4. The molecule has 41 heavy (non-hydrogen) atoms. The lowest BCUT2D eigenvalue weighted by atomic mass is 10.1. The van der Waals surface area contributed by atoms with Gasteiger partial charge in [0.1, 0.15) is 5.60 Å². The molecule has 0 fully saturated rings. The highest BCUT2D eigenvalue weighted by molar-refractivity contribution is 6.32. The van der Waals surface area contributed by atoms with E-state index >= 15 is 0 Å². The molecule has 4 aromatic rings. The van der Waals surface area contributed by atoms with E-state index in [2.05, 4.69) is 25.6 Å². The van der Waals surface area contributed by atoms with Crippen molar-refractivity contribution >= 4 is 35.2 Å². The first-order valence-corrected chi connectivity index (χ1v) is 12.3. The van der Waals surface area contributed by atoms with Gasteiger partial charge in [-0.2, -0.15) is 28.5 Å². The summed E-state index contributed by atoms with van der Waals surface area (Å²) in [5.41, 5.74) is -3.08. The highest BCUT2D eigenvalue weighted by Gasteiger charge is 2.43. The van der Waals surface area contributed by atoms with Crippen LogP contribution in [0.15, 0.2) is 49.1 Å². The number of pyridine rings is 1. The molecule has 0 radical (unpaired) electrons. The lowest BCUT2D eigenvalue weighted by molar-refractivity contribution is -0.143. The minimum Gasteiger partial charge on any atom is -0.443 e. The molecule has 1 aromatic carbocycles. The number of rotatable bonds is 4. The van der Waals surface area contributed by atoms with Crippen LogP contribution in [0.2, 0.25) is 5.02 Å². The summed E-state index contributed by atoms with van der Waals surface area (Å²) in [6.45, 7) is 4.50. The van der Waals surface area contributed by atoms with E-state index in [-0.39, 0.29) is 39.9 Å². The van der Waals surface area contributed by atoms with E-state index in [1.165, 1.54) is 42.9 Å². The molecular formula is C25H20ClF3N8O4. The second kappa shape index (κ2) is 9.99. The van der Waals surface area contributed by atoms with Crippen LogP contribution in [0.5, 0.6) is 0 Å². The number of imide groups is 1. The number of fused-ring (bicyclic) bond motifs is 1. The van der Waals surface area contributed by atoms with Crippen LogP contribution in [-0.2, 0) is 17.5 Å². The second-order valence-corrected chi connectivity index (χ2v) is 10.2. The molecule has 5 rings (SSSR count). The Morgan fingerprint density at radius 2 is 1.78 bits per heavy atom. The van der Waals surface area contributed by atoms with E-state index in [0.717, 1.165) is 15.9 Å². The maximum atomic E-state index is 14.4. The van der Waals surface area contributed by atoms with Crippen LogP contribution in [0.3, 0.4) is 0 Å². The normalized spacial score (nSPS) is 13.3. The van der Waals surface area contributed by atoms with Crippen molar-refractivity contribution in [2.45, 2.75) is 39.1 Å². The Morgan fingerprint density at radius 1 is 1.07 bits per heavy atom. The Kier molecular flexibility index (Phi) is 6.77. The van der Waals surface area contributed by atoms with Crippen LogP contribution in [0.25, 0.3) is 11.5 Å². The SMILES string of the molecule is CC(C)(C)OC(=O)N1Cc2c(cccc2-n2ncc(C(=O)Nc3cnc(-n4nccn4)c(Cl)c3)c2C(F)(F)F)C1=O. The van der Waals surface area contributed by atoms with Gasteiger partial charge < -0.3 is 10.1 Å². The van der Waals surface area contributed by atoms with Crippen molar-refractivity contribution in [2.24, 2.45) is 0 Å². The first-order chi connectivity index (χ1) is 19.2. The monoisotopic (exact) mass is 588 g/mol. The highest BCUT2D eigenvalue weighted by atomic mass is 35.5. The minimum atomic E-state index is -5.04. The Morgan fingerprint density at radius 3 is 2.41 bits per heavy atom. The van der Waals surface area contributed by atoms with Gasteiger partial charge in [0, 0.05) is 11.1 Å². The number of carbonyl (C=O) groups is 3. The van der Waals surface area contributed by atoms with E-state index in [1.54, 1.807) is 20.8 Å². The highest BCUT2D eigenvalue weighted by Crippen LogP contribution is 2.37. The molecule has 0 saturated carbocycles. The lowest BCUT2D eigenvalue weighted by Crippen LogP contribution is -2.36. The quantitative estimate of drug-likeness (QED) is 0.363. The molecule has 0 saturated heterocycles. The van der Waals surface area contributed by atoms with Crippen LogP contribution < -0.4 is 5.32 Å². The molecule has 1 aliphatic rings. The Bertz CT molecular complexity index is 1680. The molecule has 0 bridgehead atoms. The number of hydrogen-bond donors (Lipinski definition) is 1. The van der Waals surface area contributed by atoms with Gasteiger partial charge >= 0.3 is 12.3 Å². The molecule has 1 aliphatic heterocycles. The number of amides is 3. The first-order valence-electron chi connectivity index (χ1n) is 11.9. The molecule has 0 aliphatic carbocycles. The van der Waals surface area contributed by atoms with E-state index in [0.29, 0.717) is 4.68 Å². The smallest absolute Gasteiger partial charge is 0.434 e. The Hall–Kier alpha value is -4.79. The number of carbonyl (C=O) groups excluding carboxylic acids is 3. The Labute approximate surface area is 234 Å². The number of benzene rings is 1. The van der Waals surface area contributed by atoms with Crippen molar-refractivity contribution in [1.82, 2.24) is 34.7 Å². The average molecular weight is 589 g/mol. The lowest BCUT2D eigenvalue weighted by Gasteiger charge is -2.23. The maximum Gasteiger partial charge on any atom is 0.434 e. The molecule has 212 valence electrons. The predicted molar refractivity (Wildman–Crippen MR) is 137 cm³/mol. The maximum absolute atomic E-state index is 14.4. The van der Waals surface area contributed by atoms with Gasteiger partial charge in [-0.25, -0.2) is 19.4 Å². The van der Waals surface area contributed by atoms with E-state index < -0.39 is 40.9 Å². The minimum absolute atomic E-state index is 0.00969. The summed E-state index contributed by atoms with van der Waals surface area (Å²) in [4.78, 5) is 44.5. The third-order valence-corrected chi connectivity index (χ3v) is 6.03. The number of aromatic nitrogens is 6. The largest absolute Gasteiger partial charge is 0.443 e. The van der Waals surface area contributed by atoms with Crippen molar-refractivity contribution < 1.29 is 32.3 Å². The van der Waals surface area contributed by atoms with Crippen molar-refractivity contribution in [3.05, 3.63) is 76.5 Å². The van der Waals surface area contributed by atoms with Gasteiger partial charge in [-0.3, -0.25) is 9.59 Å². The number of nitrogens with zero attached hydrogens (tertiary/aromatic N) is 7. The van der Waals surface area contributed by atoms with Crippen LogP contribution >= 0.6 is 11.6 Å². The average Bonchev–Trinajstić information content (AvgIpc) is 3.62. The van der Waals surface area contributed by atoms with Crippen LogP contribution in [0, 0.1) is 0 Å². The van der Waals surface area contributed by atoms with Gasteiger partial charge in [-0.05, 0) is 39.0 Å². The van der Waals surface area contributed by atoms with Gasteiger partial charge in [0.25, 0.3) is 11.8 Å². The fourth-order valence-electron chi connectivity index (χ4n) is 4.12. The van der Waals surface area contributed by atoms with E-state index in [1.807, 2.05) is 0 Å². The number of anilines is 1. The topological polar surface area (TPSA) is 137 Å². The second-order valence-electron chi connectivity index (χ2n) is 9.79. The molecule has 12 nitrogen and oxygen atoms in total. The summed E-state index contributed by atoms with van der Waals surface area (Å²) < 4.78 is 48.9. The fraction of sp³-hybridized carbons (Fsp3) is 0.240. The molecule has 4 heterocycles. The van der Waals surface area contributed by atoms with E-state index in [4.69, 9.17) is 16.3 Å². The molecule has 0 atom stereocenters. The summed E-state index contributed by atoms with van der Waals surface area (Å²) in [5.74, 6) is -1.72. The summed E-state index contributed by atoms with van der Waals surface area (Å²) in [7, 11) is 0. The summed E-state index contributed by atoms with van der Waals surface area (Å²) in [6.07, 6.45) is -1.24. The van der Waals surface area contributed by atoms with Gasteiger partial charge in [-0.1, -0.05) is 17.7 Å². The van der Waals surface area contributed by atoms with Crippen molar-refractivity contribution in [2.75, 3.05) is 5.32 Å². The third kappa shape index (κ3) is 5.35. The van der Waals surface area contributed by atoms with Gasteiger partial charge in [-0.15, -0.1) is 4.80 Å². The van der Waals surface area contributed by atoms with Crippen molar-refractivity contribution in [3.8, 4) is 11.5 Å². The van der Waals surface area contributed by atoms with Crippen LogP contribution in [0.4, 0.5) is 23.7 Å². The summed E-state index contributed by atoms with van der Waals surface area (Å²) in [6, 6.07) is 5.33. The zero-order chi connectivity index (χ0) is 29.7. The Balaban J connectivity index is 1.48. The summed E-state index contributed by atoms with van der Waals surface area (Å²) >= 11 is 6.20. The molecule has 3 aromatic heterocycles.